The van der Waals surface area contributed by atoms with Crippen LogP contribution in [-0.2, 0) is 9.53 Å². The number of hydrogen-bond donors (Lipinski definition) is 2. The van der Waals surface area contributed by atoms with Gasteiger partial charge in [-0.2, -0.15) is 0 Å². The summed E-state index contributed by atoms with van der Waals surface area (Å²) in [5.41, 5.74) is 0. The predicted octanol–water partition coefficient (Wildman–Crippen LogP) is 4.34. The van der Waals surface area contributed by atoms with Crippen LogP contribution >= 0.6 is 0 Å². The van der Waals surface area contributed by atoms with Gasteiger partial charge in [-0.05, 0) is 43.9 Å². The van der Waals surface area contributed by atoms with Crippen molar-refractivity contribution in [3.63, 3.8) is 0 Å². The third-order valence-corrected chi connectivity index (χ3v) is 5.58. The number of hydrogen-bond acceptors (Lipinski definition) is 3. The molecule has 1 saturated heterocycles. The highest BCUT2D eigenvalue weighted by atomic mass is 16.5. The molecule has 142 valence electrons. The van der Waals surface area contributed by atoms with Crippen molar-refractivity contribution >= 4 is 5.97 Å². The van der Waals surface area contributed by atoms with E-state index in [0.717, 1.165) is 38.7 Å². The molecule has 2 N–H and O–H groups in total. The summed E-state index contributed by atoms with van der Waals surface area (Å²) in [6.07, 6.45) is 16.7. The Labute approximate surface area is 152 Å². The van der Waals surface area contributed by atoms with E-state index in [4.69, 9.17) is 9.84 Å². The van der Waals surface area contributed by atoms with Crippen LogP contribution < -0.4 is 0 Å². The summed E-state index contributed by atoms with van der Waals surface area (Å²) < 4.78 is 5.87. The Bertz CT molecular complexity index is 457. The summed E-state index contributed by atoms with van der Waals surface area (Å²) in [7, 11) is 0. The molecule has 2 aliphatic rings. The molecule has 0 aromatic heterocycles. The zero-order valence-electron chi connectivity index (χ0n) is 15.5. The Morgan fingerprint density at radius 2 is 2.12 bits per heavy atom. The molecular formula is C21H34O4. The SMILES string of the molecule is CCCCCC(O)C=C[C@H]1[C@@H](C/C=C\CCCC(=O)O)[C@@H]2CO[C@@H]1C2. The maximum absolute atomic E-state index is 10.5. The first-order valence-electron chi connectivity index (χ1n) is 9.96. The van der Waals surface area contributed by atoms with Gasteiger partial charge in [0.2, 0.25) is 0 Å². The summed E-state index contributed by atoms with van der Waals surface area (Å²) >= 11 is 0. The Hall–Kier alpha value is -1.13. The van der Waals surface area contributed by atoms with Gasteiger partial charge in [0.25, 0.3) is 0 Å². The number of carboxylic acids is 1. The average Bonchev–Trinajstić information content (AvgIpc) is 3.17. The van der Waals surface area contributed by atoms with Gasteiger partial charge >= 0.3 is 5.97 Å². The van der Waals surface area contributed by atoms with Gasteiger partial charge in [0, 0.05) is 12.3 Å². The van der Waals surface area contributed by atoms with Gasteiger partial charge in [-0.1, -0.05) is 50.5 Å². The van der Waals surface area contributed by atoms with E-state index in [-0.39, 0.29) is 12.5 Å². The maximum atomic E-state index is 10.5. The maximum Gasteiger partial charge on any atom is 0.303 e. The molecule has 0 aromatic rings. The predicted molar refractivity (Wildman–Crippen MR) is 99.4 cm³/mol. The number of ether oxygens (including phenoxy) is 1. The van der Waals surface area contributed by atoms with Crippen molar-refractivity contribution in [3.05, 3.63) is 24.3 Å². The summed E-state index contributed by atoms with van der Waals surface area (Å²) in [4.78, 5) is 10.5. The van der Waals surface area contributed by atoms with Crippen molar-refractivity contribution in [2.75, 3.05) is 6.61 Å². The molecule has 1 unspecified atom stereocenters. The van der Waals surface area contributed by atoms with E-state index in [2.05, 4.69) is 25.2 Å². The van der Waals surface area contributed by atoms with Gasteiger partial charge < -0.3 is 14.9 Å². The molecule has 0 radical (unpaired) electrons. The minimum atomic E-state index is -0.721. The third-order valence-electron chi connectivity index (χ3n) is 5.58. The topological polar surface area (TPSA) is 66.8 Å². The van der Waals surface area contributed by atoms with Crippen molar-refractivity contribution in [1.82, 2.24) is 0 Å². The Balaban J connectivity index is 1.78. The molecule has 1 heterocycles. The lowest BCUT2D eigenvalue weighted by Crippen LogP contribution is -2.27. The zero-order valence-corrected chi connectivity index (χ0v) is 15.5. The van der Waals surface area contributed by atoms with Gasteiger partial charge in [0.15, 0.2) is 0 Å². The molecule has 1 saturated carbocycles. The second-order valence-corrected chi connectivity index (χ2v) is 7.55. The number of carbonyl (C=O) groups is 1. The lowest BCUT2D eigenvalue weighted by Gasteiger charge is -2.28. The molecular weight excluding hydrogens is 316 g/mol. The number of fused-ring (bicyclic) bond motifs is 2. The average molecular weight is 350 g/mol. The third kappa shape index (κ3) is 6.59. The standard InChI is InChI=1S/C21H34O4/c1-2-3-6-9-17(22)12-13-19-18(16-14-20(19)25-15-16)10-7-4-5-8-11-21(23)24/h4,7,12-13,16-20,22H,2-3,5-6,8-11,14-15H2,1H3,(H,23,24)/b7-4-,13-12?/t16-,17?,18-,19-,20+/m0/s1. The van der Waals surface area contributed by atoms with Gasteiger partial charge in [-0.25, -0.2) is 0 Å². The van der Waals surface area contributed by atoms with Crippen molar-refractivity contribution in [3.8, 4) is 0 Å². The first-order valence-corrected chi connectivity index (χ1v) is 9.96. The van der Waals surface area contributed by atoms with Crippen LogP contribution in [-0.4, -0.2) is 35.0 Å². The van der Waals surface area contributed by atoms with Crippen LogP contribution in [0.3, 0.4) is 0 Å². The normalized spacial score (nSPS) is 29.8. The number of allylic oxidation sites excluding steroid dienone is 2. The molecule has 4 nitrogen and oxygen atoms in total. The van der Waals surface area contributed by atoms with Crippen LogP contribution in [0.2, 0.25) is 0 Å². The fourth-order valence-corrected chi connectivity index (χ4v) is 4.15. The van der Waals surface area contributed by atoms with Crippen molar-refractivity contribution in [2.45, 2.75) is 76.9 Å². The quantitative estimate of drug-likeness (QED) is 0.406. The second kappa shape index (κ2) is 10.8. The molecule has 1 aliphatic heterocycles. The lowest BCUT2D eigenvalue weighted by molar-refractivity contribution is -0.137. The number of rotatable bonds is 12. The van der Waals surface area contributed by atoms with Gasteiger partial charge in [0.1, 0.15) is 0 Å². The van der Waals surface area contributed by atoms with Crippen LogP contribution in [0.15, 0.2) is 24.3 Å². The molecule has 4 heteroatoms. The van der Waals surface area contributed by atoms with E-state index in [1.165, 1.54) is 12.8 Å². The fourth-order valence-electron chi connectivity index (χ4n) is 4.15. The Morgan fingerprint density at radius 3 is 2.88 bits per heavy atom. The molecule has 0 spiro atoms. The van der Waals surface area contributed by atoms with Crippen LogP contribution in [0, 0.1) is 17.8 Å². The number of unbranched alkanes of at least 4 members (excludes halogenated alkanes) is 3. The van der Waals surface area contributed by atoms with E-state index in [1.807, 2.05) is 6.08 Å². The van der Waals surface area contributed by atoms with E-state index in [9.17, 15) is 9.90 Å². The fraction of sp³-hybridized carbons (Fsp3) is 0.762. The van der Waals surface area contributed by atoms with Crippen molar-refractivity contribution < 1.29 is 19.7 Å². The van der Waals surface area contributed by atoms with Crippen LogP contribution in [0.4, 0.5) is 0 Å². The first-order chi connectivity index (χ1) is 12.1. The smallest absolute Gasteiger partial charge is 0.303 e. The van der Waals surface area contributed by atoms with Crippen molar-refractivity contribution in [2.24, 2.45) is 17.8 Å². The highest BCUT2D eigenvalue weighted by Gasteiger charge is 2.46. The second-order valence-electron chi connectivity index (χ2n) is 7.55. The molecule has 5 atom stereocenters. The van der Waals surface area contributed by atoms with Crippen LogP contribution in [0.25, 0.3) is 0 Å². The number of carboxylic acid groups (broad SMARTS) is 1. The molecule has 1 aliphatic carbocycles. The van der Waals surface area contributed by atoms with E-state index in [0.29, 0.717) is 30.3 Å². The summed E-state index contributed by atoms with van der Waals surface area (Å²) in [6.45, 7) is 3.04. The molecule has 25 heavy (non-hydrogen) atoms. The lowest BCUT2D eigenvalue weighted by atomic mass is 9.84. The zero-order chi connectivity index (χ0) is 18.1. The molecule has 2 bridgehead atoms. The summed E-state index contributed by atoms with van der Waals surface area (Å²) in [6, 6.07) is 0. The molecule has 0 amide bonds. The molecule has 0 aromatic carbocycles. The Morgan fingerprint density at radius 1 is 1.28 bits per heavy atom. The Kier molecular flexibility index (Phi) is 8.70. The van der Waals surface area contributed by atoms with Crippen LogP contribution in [0.5, 0.6) is 0 Å². The van der Waals surface area contributed by atoms with E-state index >= 15 is 0 Å². The van der Waals surface area contributed by atoms with E-state index in [1.54, 1.807) is 0 Å². The number of aliphatic hydroxyl groups excluding tert-OH is 1. The van der Waals surface area contributed by atoms with Gasteiger partial charge in [-0.3, -0.25) is 4.79 Å². The van der Waals surface area contributed by atoms with Crippen molar-refractivity contribution in [1.29, 1.82) is 0 Å². The molecule has 2 fully saturated rings. The number of aliphatic hydroxyl groups is 1. The highest BCUT2D eigenvalue weighted by Crippen LogP contribution is 2.47. The van der Waals surface area contributed by atoms with Gasteiger partial charge in [0.05, 0.1) is 18.8 Å². The minimum absolute atomic E-state index is 0.244. The van der Waals surface area contributed by atoms with Crippen LogP contribution in [0.1, 0.15) is 64.7 Å². The highest BCUT2D eigenvalue weighted by molar-refractivity contribution is 5.66. The monoisotopic (exact) mass is 350 g/mol. The summed E-state index contributed by atoms with van der Waals surface area (Å²) in [5.74, 6) is 0.902. The molecule has 2 rings (SSSR count). The first kappa shape index (κ1) is 20.2. The van der Waals surface area contributed by atoms with E-state index < -0.39 is 5.97 Å². The largest absolute Gasteiger partial charge is 0.481 e. The number of aliphatic carboxylic acids is 1. The summed E-state index contributed by atoms with van der Waals surface area (Å²) in [5, 5.41) is 18.8. The van der Waals surface area contributed by atoms with Gasteiger partial charge in [-0.15, -0.1) is 0 Å². The minimum Gasteiger partial charge on any atom is -0.481 e.